The second-order valence-electron chi connectivity index (χ2n) is 6.90. The quantitative estimate of drug-likeness (QED) is 0.428. The van der Waals surface area contributed by atoms with Crippen molar-refractivity contribution >= 4 is 34.6 Å². The minimum Gasteiger partial charge on any atom is -0.321 e. The molecule has 0 heterocycles. The number of hydrogen-bond acceptors (Lipinski definition) is 6. The molecule has 3 aromatic rings. The summed E-state index contributed by atoms with van der Waals surface area (Å²) < 4.78 is 0. The van der Waals surface area contributed by atoms with Gasteiger partial charge in [0.15, 0.2) is 0 Å². The van der Waals surface area contributed by atoms with Crippen LogP contribution in [0.4, 0.5) is 22.7 Å². The van der Waals surface area contributed by atoms with Crippen LogP contribution in [0.2, 0.25) is 0 Å². The Morgan fingerprint density at radius 2 is 1.00 bits per heavy atom. The van der Waals surface area contributed by atoms with Gasteiger partial charge in [0.1, 0.15) is 0 Å². The molecule has 10 heteroatoms. The molecular formula is C22H18N4O6. The van der Waals surface area contributed by atoms with Gasteiger partial charge in [-0.1, -0.05) is 12.1 Å². The molecule has 0 saturated carbocycles. The van der Waals surface area contributed by atoms with E-state index < -0.39 is 21.7 Å². The first-order valence-corrected chi connectivity index (χ1v) is 9.40. The van der Waals surface area contributed by atoms with Gasteiger partial charge < -0.3 is 10.6 Å². The maximum Gasteiger partial charge on any atom is 0.274 e. The molecule has 0 radical (unpaired) electrons. The number of amides is 2. The van der Waals surface area contributed by atoms with E-state index >= 15 is 0 Å². The molecule has 0 atom stereocenters. The number of benzene rings is 3. The second-order valence-corrected chi connectivity index (χ2v) is 6.90. The first-order valence-electron chi connectivity index (χ1n) is 9.40. The third kappa shape index (κ3) is 4.59. The highest BCUT2D eigenvalue weighted by Gasteiger charge is 2.17. The number of anilines is 2. The van der Waals surface area contributed by atoms with Gasteiger partial charge in [0.05, 0.1) is 32.3 Å². The van der Waals surface area contributed by atoms with Crippen molar-refractivity contribution in [3.63, 3.8) is 0 Å². The summed E-state index contributed by atoms with van der Waals surface area (Å²) in [4.78, 5) is 46.1. The highest BCUT2D eigenvalue weighted by molar-refractivity contribution is 6.07. The Balaban J connectivity index is 1.74. The fraction of sp³-hybridized carbons (Fsp3) is 0.0909. The number of nitro groups is 2. The van der Waals surface area contributed by atoms with Gasteiger partial charge in [0.25, 0.3) is 23.2 Å². The van der Waals surface area contributed by atoms with E-state index in [1.165, 1.54) is 62.4 Å². The molecule has 3 rings (SSSR count). The van der Waals surface area contributed by atoms with Crippen molar-refractivity contribution in [1.29, 1.82) is 0 Å². The van der Waals surface area contributed by atoms with E-state index in [4.69, 9.17) is 0 Å². The van der Waals surface area contributed by atoms with Gasteiger partial charge in [0.2, 0.25) is 0 Å². The first kappa shape index (κ1) is 22.1. The zero-order valence-electron chi connectivity index (χ0n) is 17.1. The lowest BCUT2D eigenvalue weighted by Crippen LogP contribution is -2.15. The van der Waals surface area contributed by atoms with Crippen molar-refractivity contribution in [3.05, 3.63) is 103 Å². The van der Waals surface area contributed by atoms with Gasteiger partial charge in [-0.3, -0.25) is 29.8 Å². The number of nitro benzene ring substituents is 2. The zero-order valence-corrected chi connectivity index (χ0v) is 17.1. The summed E-state index contributed by atoms with van der Waals surface area (Å²) in [6, 6.07) is 14.5. The lowest BCUT2D eigenvalue weighted by atomic mass is 10.1. The summed E-state index contributed by atoms with van der Waals surface area (Å²) >= 11 is 0. The molecule has 2 N–H and O–H groups in total. The van der Waals surface area contributed by atoms with Crippen LogP contribution in [-0.2, 0) is 0 Å². The normalized spacial score (nSPS) is 10.3. The Morgan fingerprint density at radius 3 is 1.31 bits per heavy atom. The lowest BCUT2D eigenvalue weighted by Gasteiger charge is -2.10. The molecule has 0 bridgehead atoms. The van der Waals surface area contributed by atoms with Crippen LogP contribution in [0.1, 0.15) is 31.8 Å². The van der Waals surface area contributed by atoms with Crippen LogP contribution in [0.5, 0.6) is 0 Å². The van der Waals surface area contributed by atoms with Crippen molar-refractivity contribution < 1.29 is 19.4 Å². The molecule has 0 fully saturated rings. The predicted molar refractivity (Wildman–Crippen MR) is 118 cm³/mol. The highest BCUT2D eigenvalue weighted by atomic mass is 16.6. The van der Waals surface area contributed by atoms with E-state index in [-0.39, 0.29) is 22.5 Å². The van der Waals surface area contributed by atoms with E-state index in [0.717, 1.165) is 0 Å². The SMILES string of the molecule is Cc1c(NC(=O)c2ccc(C(=O)Nc3cccc([N+](=O)[O-])c3C)cc2)cccc1[N+](=O)[O-]. The number of nitrogens with zero attached hydrogens (tertiary/aromatic N) is 2. The summed E-state index contributed by atoms with van der Waals surface area (Å²) in [7, 11) is 0. The van der Waals surface area contributed by atoms with Crippen LogP contribution in [0.25, 0.3) is 0 Å². The third-order valence-electron chi connectivity index (χ3n) is 4.91. The van der Waals surface area contributed by atoms with E-state index in [1.807, 2.05) is 0 Å². The van der Waals surface area contributed by atoms with Crippen molar-refractivity contribution in [2.24, 2.45) is 0 Å². The van der Waals surface area contributed by atoms with Crippen LogP contribution >= 0.6 is 0 Å². The summed E-state index contributed by atoms with van der Waals surface area (Å²) in [6.45, 7) is 3.08. The average Bonchev–Trinajstić information content (AvgIpc) is 2.76. The van der Waals surface area contributed by atoms with Crippen molar-refractivity contribution in [1.82, 2.24) is 0 Å². The van der Waals surface area contributed by atoms with Gasteiger partial charge in [-0.15, -0.1) is 0 Å². The number of nitrogens with one attached hydrogen (secondary N) is 2. The first-order chi connectivity index (χ1) is 15.2. The Kier molecular flexibility index (Phi) is 6.24. The molecule has 0 aliphatic carbocycles. The Morgan fingerprint density at radius 1 is 0.656 bits per heavy atom. The Bertz CT molecular complexity index is 1140. The predicted octanol–water partition coefficient (Wildman–Crippen LogP) is 4.62. The monoisotopic (exact) mass is 434 g/mol. The molecule has 32 heavy (non-hydrogen) atoms. The van der Waals surface area contributed by atoms with Crippen LogP contribution in [-0.4, -0.2) is 21.7 Å². The van der Waals surface area contributed by atoms with Crippen molar-refractivity contribution in [2.45, 2.75) is 13.8 Å². The molecular weight excluding hydrogens is 416 g/mol. The zero-order chi connectivity index (χ0) is 23.4. The number of carbonyl (C=O) groups is 2. The van der Waals surface area contributed by atoms with Gasteiger partial charge in [-0.25, -0.2) is 0 Å². The van der Waals surface area contributed by atoms with E-state index in [0.29, 0.717) is 22.5 Å². The summed E-state index contributed by atoms with van der Waals surface area (Å²) in [5, 5.41) is 27.4. The van der Waals surface area contributed by atoms with Crippen molar-refractivity contribution in [2.75, 3.05) is 10.6 Å². The Hall–Kier alpha value is -4.60. The summed E-state index contributed by atoms with van der Waals surface area (Å²) in [5.41, 5.74) is 1.57. The highest BCUT2D eigenvalue weighted by Crippen LogP contribution is 2.26. The fourth-order valence-electron chi connectivity index (χ4n) is 3.08. The molecule has 0 aliphatic rings. The summed E-state index contributed by atoms with van der Waals surface area (Å²) in [5.74, 6) is -0.981. The van der Waals surface area contributed by atoms with Crippen LogP contribution in [0.3, 0.4) is 0 Å². The van der Waals surface area contributed by atoms with E-state index in [9.17, 15) is 29.8 Å². The molecule has 0 unspecified atom stereocenters. The van der Waals surface area contributed by atoms with Gasteiger partial charge >= 0.3 is 0 Å². The maximum atomic E-state index is 12.5. The van der Waals surface area contributed by atoms with Crippen LogP contribution < -0.4 is 10.6 Å². The number of rotatable bonds is 6. The standard InChI is InChI=1S/C22H18N4O6/c1-13-17(5-3-7-19(13)25(29)30)23-21(27)15-9-11-16(12-10-15)22(28)24-18-6-4-8-20(14(18)2)26(31)32/h3-12H,1-2H3,(H,23,27)(H,24,28). The molecule has 10 nitrogen and oxygen atoms in total. The molecule has 0 spiro atoms. The maximum absolute atomic E-state index is 12.5. The average molecular weight is 434 g/mol. The molecule has 2 amide bonds. The topological polar surface area (TPSA) is 144 Å². The Labute approximate surface area is 182 Å². The van der Waals surface area contributed by atoms with Gasteiger partial charge in [0, 0.05) is 23.3 Å². The van der Waals surface area contributed by atoms with E-state index in [2.05, 4.69) is 10.6 Å². The minimum absolute atomic E-state index is 0.105. The van der Waals surface area contributed by atoms with E-state index in [1.54, 1.807) is 12.1 Å². The third-order valence-corrected chi connectivity index (χ3v) is 4.91. The van der Waals surface area contributed by atoms with Crippen LogP contribution in [0, 0.1) is 34.1 Å². The molecule has 3 aromatic carbocycles. The van der Waals surface area contributed by atoms with Crippen molar-refractivity contribution in [3.8, 4) is 0 Å². The minimum atomic E-state index is -0.526. The molecule has 0 aromatic heterocycles. The summed E-state index contributed by atoms with van der Waals surface area (Å²) in [6.07, 6.45) is 0. The molecule has 0 aliphatic heterocycles. The molecule has 0 saturated heterocycles. The van der Waals surface area contributed by atoms with Gasteiger partial charge in [-0.05, 0) is 50.2 Å². The largest absolute Gasteiger partial charge is 0.321 e. The smallest absolute Gasteiger partial charge is 0.274 e. The fourth-order valence-corrected chi connectivity index (χ4v) is 3.08. The van der Waals surface area contributed by atoms with Gasteiger partial charge in [-0.2, -0.15) is 0 Å². The lowest BCUT2D eigenvalue weighted by molar-refractivity contribution is -0.385. The second kappa shape index (κ2) is 9.04. The number of hydrogen-bond donors (Lipinski definition) is 2. The number of carbonyl (C=O) groups excluding carboxylic acids is 2. The van der Waals surface area contributed by atoms with Crippen LogP contribution in [0.15, 0.2) is 60.7 Å². The molecule has 162 valence electrons.